The first-order chi connectivity index (χ1) is 14.2. The van der Waals surface area contributed by atoms with Gasteiger partial charge < -0.3 is 0 Å². The van der Waals surface area contributed by atoms with Crippen LogP contribution in [0.15, 0.2) is 84.8 Å². The summed E-state index contributed by atoms with van der Waals surface area (Å²) in [4.78, 5) is 9.35. The summed E-state index contributed by atoms with van der Waals surface area (Å²) in [5, 5.41) is 2.14. The highest BCUT2D eigenvalue weighted by Crippen LogP contribution is 2.43. The molecule has 0 aliphatic heterocycles. The van der Waals surface area contributed by atoms with Crippen molar-refractivity contribution in [3.63, 3.8) is 0 Å². The molecule has 29 heavy (non-hydrogen) atoms. The highest BCUT2D eigenvalue weighted by molar-refractivity contribution is 7.28. The Bertz CT molecular complexity index is 1260. The first-order valence-corrected chi connectivity index (χ1v) is 12.6. The molecule has 142 valence electrons. The van der Waals surface area contributed by atoms with E-state index < -0.39 is 0 Å². The van der Waals surface area contributed by atoms with Gasteiger partial charge in [-0.25, -0.2) is 0 Å². The fraction of sp³-hybridized carbons (Fsp3) is 0.0400. The highest BCUT2D eigenvalue weighted by atomic mass is 32.1. The largest absolute Gasteiger partial charge is 0.143 e. The molecule has 0 spiro atoms. The summed E-state index contributed by atoms with van der Waals surface area (Å²) < 4.78 is 0. The van der Waals surface area contributed by atoms with Gasteiger partial charge in [-0.15, -0.1) is 45.3 Å². The lowest BCUT2D eigenvalue weighted by Gasteiger charge is -2.01. The molecule has 4 heterocycles. The van der Waals surface area contributed by atoms with Crippen LogP contribution < -0.4 is 0 Å². The van der Waals surface area contributed by atoms with E-state index in [4.69, 9.17) is 0 Å². The van der Waals surface area contributed by atoms with Gasteiger partial charge in [0.15, 0.2) is 0 Å². The first-order valence-electron chi connectivity index (χ1n) is 9.28. The van der Waals surface area contributed by atoms with Crippen molar-refractivity contribution >= 4 is 50.9 Å². The second-order valence-electron chi connectivity index (χ2n) is 6.83. The molecule has 4 heteroatoms. The first kappa shape index (κ1) is 18.8. The molecular formula is C25H18S4. The number of allylic oxidation sites excluding steroid dienone is 1. The molecule has 0 N–H and O–H groups in total. The lowest BCUT2D eigenvalue weighted by Crippen LogP contribution is -1.77. The Kier molecular flexibility index (Phi) is 5.10. The van der Waals surface area contributed by atoms with Crippen LogP contribution in [0.1, 0.15) is 12.5 Å². The van der Waals surface area contributed by atoms with Gasteiger partial charge in [0.2, 0.25) is 0 Å². The average molecular weight is 447 g/mol. The molecule has 1 aromatic carbocycles. The van der Waals surface area contributed by atoms with Gasteiger partial charge in [-0.1, -0.05) is 42.5 Å². The molecule has 5 rings (SSSR count). The van der Waals surface area contributed by atoms with Crippen molar-refractivity contribution in [2.75, 3.05) is 0 Å². The summed E-state index contributed by atoms with van der Waals surface area (Å²) in [7, 11) is 0. The second kappa shape index (κ2) is 7.88. The maximum Gasteiger partial charge on any atom is 0.0449 e. The van der Waals surface area contributed by atoms with Crippen LogP contribution in [0.4, 0.5) is 0 Å². The van der Waals surface area contributed by atoms with E-state index in [1.807, 2.05) is 40.9 Å². The molecule has 0 aliphatic carbocycles. The van der Waals surface area contributed by atoms with E-state index >= 15 is 0 Å². The molecule has 0 fully saturated rings. The Balaban J connectivity index is 1.39. The van der Waals surface area contributed by atoms with Crippen molar-refractivity contribution in [3.05, 3.63) is 90.3 Å². The van der Waals surface area contributed by atoms with Crippen LogP contribution in [-0.4, -0.2) is 0 Å². The molecule has 4 aromatic heterocycles. The van der Waals surface area contributed by atoms with E-state index in [0.717, 1.165) is 5.57 Å². The molecule has 0 saturated heterocycles. The van der Waals surface area contributed by atoms with Gasteiger partial charge in [-0.3, -0.25) is 0 Å². The van der Waals surface area contributed by atoms with Gasteiger partial charge in [0.05, 0.1) is 0 Å². The van der Waals surface area contributed by atoms with Gasteiger partial charge >= 0.3 is 0 Å². The van der Waals surface area contributed by atoms with Crippen molar-refractivity contribution < 1.29 is 0 Å². The van der Waals surface area contributed by atoms with E-state index in [1.54, 1.807) is 11.3 Å². The maximum atomic E-state index is 4.02. The smallest absolute Gasteiger partial charge is 0.0449 e. The highest BCUT2D eigenvalue weighted by Gasteiger charge is 2.11. The molecule has 0 atom stereocenters. The third-order valence-corrected chi connectivity index (χ3v) is 9.49. The normalized spacial score (nSPS) is 11.1. The van der Waals surface area contributed by atoms with Gasteiger partial charge in [-0.05, 0) is 65.9 Å². The van der Waals surface area contributed by atoms with Crippen LogP contribution in [0.5, 0.6) is 0 Å². The van der Waals surface area contributed by atoms with Crippen molar-refractivity contribution in [2.24, 2.45) is 0 Å². The van der Waals surface area contributed by atoms with Crippen molar-refractivity contribution in [3.8, 4) is 39.7 Å². The third kappa shape index (κ3) is 3.81. The summed E-state index contributed by atoms with van der Waals surface area (Å²) in [6.07, 6.45) is 0. The van der Waals surface area contributed by atoms with E-state index in [-0.39, 0.29) is 0 Å². The number of hydrogen-bond acceptors (Lipinski definition) is 4. The zero-order chi connectivity index (χ0) is 19.8. The predicted molar refractivity (Wildman–Crippen MR) is 134 cm³/mol. The van der Waals surface area contributed by atoms with Crippen molar-refractivity contribution in [1.29, 1.82) is 0 Å². The summed E-state index contributed by atoms with van der Waals surface area (Å²) in [6.45, 7) is 6.07. The molecule has 0 radical (unpaired) electrons. The third-order valence-electron chi connectivity index (χ3n) is 4.73. The van der Waals surface area contributed by atoms with Crippen LogP contribution in [0.2, 0.25) is 0 Å². The van der Waals surface area contributed by atoms with Crippen LogP contribution in [0.25, 0.3) is 45.3 Å². The monoisotopic (exact) mass is 446 g/mol. The van der Waals surface area contributed by atoms with Gasteiger partial charge in [-0.2, -0.15) is 0 Å². The standard InChI is InChI=1S/C25H18S4/c1-16(2)17-5-7-18(8-6-17)19-9-10-22(27-19)23-13-14-25(29-23)24-12-11-21(28-24)20-4-3-15-26-20/h3-15H,1H2,2H3. The number of hydrogen-bond donors (Lipinski definition) is 0. The lowest BCUT2D eigenvalue weighted by atomic mass is 10.1. The number of benzene rings is 1. The Morgan fingerprint density at radius 1 is 0.586 bits per heavy atom. The summed E-state index contributed by atoms with van der Waals surface area (Å²) in [6, 6.07) is 26.5. The molecule has 0 amide bonds. The molecular weight excluding hydrogens is 429 g/mol. The van der Waals surface area contributed by atoms with Crippen LogP contribution in [-0.2, 0) is 0 Å². The molecule has 0 unspecified atom stereocenters. The SMILES string of the molecule is C=C(C)c1ccc(-c2ccc(-c3ccc(-c4ccc(-c5cccs5)s4)s3)s2)cc1. The summed E-state index contributed by atoms with van der Waals surface area (Å²) in [5.74, 6) is 0. The van der Waals surface area contributed by atoms with E-state index in [1.165, 1.54) is 45.3 Å². The Hall–Kier alpha value is -2.24. The van der Waals surface area contributed by atoms with Crippen molar-refractivity contribution in [1.82, 2.24) is 0 Å². The number of thiophene rings is 4. The quantitative estimate of drug-likeness (QED) is 0.252. The predicted octanol–water partition coefficient (Wildman–Crippen LogP) is 9.63. The van der Waals surface area contributed by atoms with Crippen LogP contribution >= 0.6 is 45.3 Å². The Labute approximate surface area is 187 Å². The van der Waals surface area contributed by atoms with Gasteiger partial charge in [0.1, 0.15) is 0 Å². The molecule has 0 bridgehead atoms. The van der Waals surface area contributed by atoms with Crippen molar-refractivity contribution in [2.45, 2.75) is 6.92 Å². The average Bonchev–Trinajstić information content (AvgIpc) is 3.54. The zero-order valence-electron chi connectivity index (χ0n) is 15.8. The topological polar surface area (TPSA) is 0 Å². The Morgan fingerprint density at radius 3 is 1.55 bits per heavy atom. The molecule has 0 nitrogen and oxygen atoms in total. The summed E-state index contributed by atoms with van der Waals surface area (Å²) >= 11 is 7.41. The minimum absolute atomic E-state index is 1.10. The van der Waals surface area contributed by atoms with E-state index in [9.17, 15) is 0 Å². The second-order valence-corrected chi connectivity index (χ2v) is 11.0. The minimum Gasteiger partial charge on any atom is -0.143 e. The van der Waals surface area contributed by atoms with Crippen LogP contribution in [0.3, 0.4) is 0 Å². The van der Waals surface area contributed by atoms with Gasteiger partial charge in [0, 0.05) is 34.1 Å². The molecule has 0 aliphatic rings. The lowest BCUT2D eigenvalue weighted by molar-refractivity contribution is 1.58. The molecule has 0 saturated carbocycles. The van der Waals surface area contributed by atoms with Gasteiger partial charge in [0.25, 0.3) is 0 Å². The zero-order valence-corrected chi connectivity index (χ0v) is 19.1. The minimum atomic E-state index is 1.10. The van der Waals surface area contributed by atoms with E-state index in [2.05, 4.69) is 84.8 Å². The summed E-state index contributed by atoms with van der Waals surface area (Å²) in [5.41, 5.74) is 3.57. The Morgan fingerprint density at radius 2 is 1.07 bits per heavy atom. The number of rotatable bonds is 5. The van der Waals surface area contributed by atoms with E-state index in [0.29, 0.717) is 0 Å². The fourth-order valence-electron chi connectivity index (χ4n) is 3.17. The fourth-order valence-corrected chi connectivity index (χ4v) is 7.21. The maximum absolute atomic E-state index is 4.02. The van der Waals surface area contributed by atoms with Crippen LogP contribution in [0, 0.1) is 0 Å². The molecule has 5 aromatic rings.